The predicted molar refractivity (Wildman–Crippen MR) is 89.1 cm³/mol. The van der Waals surface area contributed by atoms with Crippen molar-refractivity contribution in [2.75, 3.05) is 31.7 Å². The number of methoxy groups -OCH3 is 1. The van der Waals surface area contributed by atoms with Crippen molar-refractivity contribution in [3.63, 3.8) is 0 Å². The van der Waals surface area contributed by atoms with E-state index in [-0.39, 0.29) is 30.6 Å². The summed E-state index contributed by atoms with van der Waals surface area (Å²) < 4.78 is 44.5. The molecule has 1 aromatic rings. The molecule has 146 valence electrons. The zero-order chi connectivity index (χ0) is 19.5. The lowest BCUT2D eigenvalue weighted by atomic mass is 9.77. The first-order valence-corrected chi connectivity index (χ1v) is 8.52. The molecule has 1 atom stereocenters. The van der Waals surface area contributed by atoms with Gasteiger partial charge >= 0.3 is 12.1 Å². The Balaban J connectivity index is 2.40. The number of hydrogen-bond donors (Lipinski definition) is 1. The molecule has 1 aliphatic rings. The summed E-state index contributed by atoms with van der Waals surface area (Å²) >= 11 is 0. The summed E-state index contributed by atoms with van der Waals surface area (Å²) in [5.41, 5.74) is -0.777. The maximum Gasteiger partial charge on any atom is 0.451 e. The Morgan fingerprint density at radius 2 is 2.12 bits per heavy atom. The summed E-state index contributed by atoms with van der Waals surface area (Å²) in [7, 11) is 1.49. The molecular weight excluding hydrogens is 351 g/mol. The van der Waals surface area contributed by atoms with Gasteiger partial charge < -0.3 is 14.7 Å². The summed E-state index contributed by atoms with van der Waals surface area (Å²) in [4.78, 5) is 20.8. The van der Waals surface area contributed by atoms with Gasteiger partial charge in [-0.25, -0.2) is 9.97 Å². The van der Waals surface area contributed by atoms with Gasteiger partial charge in [-0.3, -0.25) is 4.79 Å². The van der Waals surface area contributed by atoms with Gasteiger partial charge in [0.15, 0.2) is 0 Å². The molecule has 1 aliphatic heterocycles. The first-order chi connectivity index (χ1) is 12.1. The Labute approximate surface area is 150 Å². The van der Waals surface area contributed by atoms with Crippen LogP contribution in [0.2, 0.25) is 0 Å². The molecule has 1 saturated heterocycles. The van der Waals surface area contributed by atoms with Crippen LogP contribution < -0.4 is 4.90 Å². The molecule has 0 radical (unpaired) electrons. The van der Waals surface area contributed by atoms with Crippen molar-refractivity contribution in [3.05, 3.63) is 17.6 Å². The van der Waals surface area contributed by atoms with Gasteiger partial charge in [-0.05, 0) is 25.2 Å². The number of carboxylic acid groups (broad SMARTS) is 1. The molecule has 1 aromatic heterocycles. The van der Waals surface area contributed by atoms with Gasteiger partial charge in [0.25, 0.3) is 0 Å². The first-order valence-electron chi connectivity index (χ1n) is 8.52. The number of piperidine rings is 1. The van der Waals surface area contributed by atoms with Gasteiger partial charge in [0.2, 0.25) is 5.82 Å². The quantitative estimate of drug-likeness (QED) is 0.822. The van der Waals surface area contributed by atoms with Crippen LogP contribution in [0, 0.1) is 5.41 Å². The molecule has 9 heteroatoms. The number of ether oxygens (including phenoxy) is 1. The van der Waals surface area contributed by atoms with E-state index in [1.54, 1.807) is 18.7 Å². The van der Waals surface area contributed by atoms with E-state index in [4.69, 9.17) is 4.74 Å². The number of alkyl halides is 3. The van der Waals surface area contributed by atoms with E-state index < -0.39 is 23.4 Å². The highest BCUT2D eigenvalue weighted by molar-refractivity contribution is 5.76. The molecule has 0 amide bonds. The molecule has 1 N–H and O–H groups in total. The summed E-state index contributed by atoms with van der Waals surface area (Å²) in [6.45, 7) is 4.32. The van der Waals surface area contributed by atoms with Crippen molar-refractivity contribution in [3.8, 4) is 0 Å². The standard InChI is InChI=1S/C17H24F3N3O3/c1-11(2)12-9-13(22-14(21-12)17(18,19)20)23-7-4-5-16(10-23,15(24)25)6-8-26-3/h9,11H,4-8,10H2,1-3H3,(H,24,25)/t16-/m0/s1. The minimum atomic E-state index is -4.66. The van der Waals surface area contributed by atoms with Crippen LogP contribution in [0.3, 0.4) is 0 Å². The number of aromatic nitrogens is 2. The maximum absolute atomic E-state index is 13.2. The maximum atomic E-state index is 13.2. The summed E-state index contributed by atoms with van der Waals surface area (Å²) in [6.07, 6.45) is -3.35. The van der Waals surface area contributed by atoms with Crippen molar-refractivity contribution in [1.29, 1.82) is 0 Å². The number of rotatable bonds is 6. The van der Waals surface area contributed by atoms with Crippen LogP contribution in [0.4, 0.5) is 19.0 Å². The molecule has 0 aromatic carbocycles. The molecule has 0 spiro atoms. The number of carboxylic acids is 1. The second-order valence-corrected chi connectivity index (χ2v) is 6.98. The first kappa shape index (κ1) is 20.4. The predicted octanol–water partition coefficient (Wildman–Crippen LogP) is 3.33. The third-order valence-electron chi connectivity index (χ3n) is 4.72. The van der Waals surface area contributed by atoms with Crippen LogP contribution in [0.25, 0.3) is 0 Å². The SMILES string of the molecule is COCC[C@@]1(C(=O)O)CCCN(c2cc(C(C)C)nc(C(F)(F)F)n2)C1. The topological polar surface area (TPSA) is 75.6 Å². The Morgan fingerprint density at radius 3 is 2.65 bits per heavy atom. The van der Waals surface area contributed by atoms with Gasteiger partial charge in [0.05, 0.1) is 5.41 Å². The van der Waals surface area contributed by atoms with Gasteiger partial charge in [-0.1, -0.05) is 13.8 Å². The Bertz CT molecular complexity index is 652. The molecular formula is C17H24F3N3O3. The average molecular weight is 375 g/mol. The lowest BCUT2D eigenvalue weighted by Gasteiger charge is -2.40. The zero-order valence-corrected chi connectivity index (χ0v) is 15.1. The Hall–Kier alpha value is -1.90. The zero-order valence-electron chi connectivity index (χ0n) is 15.1. The lowest BCUT2D eigenvalue weighted by Crippen LogP contribution is -2.49. The average Bonchev–Trinajstić information content (AvgIpc) is 2.58. The van der Waals surface area contributed by atoms with Gasteiger partial charge in [0.1, 0.15) is 5.82 Å². The number of aliphatic carboxylic acids is 1. The summed E-state index contributed by atoms with van der Waals surface area (Å²) in [5.74, 6) is -2.24. The van der Waals surface area contributed by atoms with E-state index in [1.165, 1.54) is 13.2 Å². The van der Waals surface area contributed by atoms with Gasteiger partial charge in [-0.2, -0.15) is 13.2 Å². The molecule has 2 heterocycles. The van der Waals surface area contributed by atoms with Gasteiger partial charge in [0, 0.05) is 38.6 Å². The molecule has 26 heavy (non-hydrogen) atoms. The van der Waals surface area contributed by atoms with Crippen LogP contribution in [-0.2, 0) is 15.7 Å². The minimum absolute atomic E-state index is 0.0948. The molecule has 6 nitrogen and oxygen atoms in total. The number of halogens is 3. The highest BCUT2D eigenvalue weighted by atomic mass is 19.4. The van der Waals surface area contributed by atoms with E-state index in [2.05, 4.69) is 9.97 Å². The third-order valence-corrected chi connectivity index (χ3v) is 4.72. The second kappa shape index (κ2) is 7.77. The van der Waals surface area contributed by atoms with E-state index in [1.807, 2.05) is 0 Å². The largest absolute Gasteiger partial charge is 0.481 e. The lowest BCUT2D eigenvalue weighted by molar-refractivity contribution is -0.151. The number of anilines is 1. The molecule has 0 unspecified atom stereocenters. The van der Waals surface area contributed by atoms with Crippen LogP contribution in [0.15, 0.2) is 6.07 Å². The van der Waals surface area contributed by atoms with E-state index in [0.29, 0.717) is 25.8 Å². The van der Waals surface area contributed by atoms with Crippen molar-refractivity contribution in [1.82, 2.24) is 9.97 Å². The normalized spacial score (nSPS) is 21.3. The summed E-state index contributed by atoms with van der Waals surface area (Å²) in [6, 6.07) is 1.52. The molecule has 2 rings (SSSR count). The fraction of sp³-hybridized carbons (Fsp3) is 0.706. The molecule has 1 fully saturated rings. The van der Waals surface area contributed by atoms with E-state index >= 15 is 0 Å². The van der Waals surface area contributed by atoms with Crippen LogP contribution in [0.1, 0.15) is 50.5 Å². The fourth-order valence-corrected chi connectivity index (χ4v) is 3.15. The van der Waals surface area contributed by atoms with E-state index in [0.717, 1.165) is 0 Å². The highest BCUT2D eigenvalue weighted by Gasteiger charge is 2.43. The smallest absolute Gasteiger partial charge is 0.451 e. The van der Waals surface area contributed by atoms with E-state index in [9.17, 15) is 23.1 Å². The molecule has 0 aliphatic carbocycles. The highest BCUT2D eigenvalue weighted by Crippen LogP contribution is 2.37. The van der Waals surface area contributed by atoms with Crippen molar-refractivity contribution >= 4 is 11.8 Å². The Kier molecular flexibility index (Phi) is 6.10. The number of hydrogen-bond acceptors (Lipinski definition) is 5. The van der Waals surface area contributed by atoms with Crippen LogP contribution in [0.5, 0.6) is 0 Å². The molecule has 0 saturated carbocycles. The number of carbonyl (C=O) groups is 1. The van der Waals surface area contributed by atoms with Crippen molar-refractivity contribution in [2.24, 2.45) is 5.41 Å². The summed E-state index contributed by atoms with van der Waals surface area (Å²) in [5, 5.41) is 9.71. The second-order valence-electron chi connectivity index (χ2n) is 6.98. The fourth-order valence-electron chi connectivity index (χ4n) is 3.15. The van der Waals surface area contributed by atoms with Crippen molar-refractivity contribution in [2.45, 2.75) is 45.2 Å². The molecule has 0 bridgehead atoms. The monoisotopic (exact) mass is 375 g/mol. The number of nitrogens with zero attached hydrogens (tertiary/aromatic N) is 3. The Morgan fingerprint density at radius 1 is 1.42 bits per heavy atom. The van der Waals surface area contributed by atoms with Crippen LogP contribution >= 0.6 is 0 Å². The van der Waals surface area contributed by atoms with Gasteiger partial charge in [-0.15, -0.1) is 0 Å². The third kappa shape index (κ3) is 4.44. The van der Waals surface area contributed by atoms with Crippen molar-refractivity contribution < 1.29 is 27.8 Å². The van der Waals surface area contributed by atoms with Crippen LogP contribution in [-0.4, -0.2) is 47.8 Å². The minimum Gasteiger partial charge on any atom is -0.481 e.